The molecular formula is C27H39NO13. The molecule has 0 saturated heterocycles. The Morgan fingerprint density at radius 1 is 0.805 bits per heavy atom. The number of hydrogen-bond acceptors (Lipinski definition) is 13. The van der Waals surface area contributed by atoms with Crippen molar-refractivity contribution in [3.05, 3.63) is 21.3 Å². The van der Waals surface area contributed by atoms with Gasteiger partial charge in [-0.1, -0.05) is 11.1 Å². The minimum Gasteiger partial charge on any atom is -0.462 e. The lowest BCUT2D eigenvalue weighted by Gasteiger charge is -2.44. The quantitative estimate of drug-likeness (QED) is 0.0949. The summed E-state index contributed by atoms with van der Waals surface area (Å²) in [4.78, 5) is 84.8. The number of nitro groups is 1. The molecule has 0 amide bonds. The Morgan fingerprint density at radius 3 is 1.76 bits per heavy atom. The van der Waals surface area contributed by atoms with Crippen molar-refractivity contribution in [3.63, 3.8) is 0 Å². The van der Waals surface area contributed by atoms with Gasteiger partial charge in [-0.05, 0) is 27.2 Å². The third-order valence-corrected chi connectivity index (χ3v) is 6.87. The van der Waals surface area contributed by atoms with Gasteiger partial charge in [0.2, 0.25) is 5.54 Å². The van der Waals surface area contributed by atoms with E-state index >= 15 is 0 Å². The summed E-state index contributed by atoms with van der Waals surface area (Å²) in [7, 11) is 0. The van der Waals surface area contributed by atoms with Gasteiger partial charge in [0.05, 0.1) is 5.92 Å². The van der Waals surface area contributed by atoms with Crippen LogP contribution in [0.1, 0.15) is 81.1 Å². The molecule has 0 fully saturated rings. The molecule has 1 aliphatic rings. The van der Waals surface area contributed by atoms with Crippen LogP contribution in [-0.4, -0.2) is 77.1 Å². The predicted molar refractivity (Wildman–Crippen MR) is 140 cm³/mol. The second-order valence-electron chi connectivity index (χ2n) is 10.3. The predicted octanol–water partition coefficient (Wildman–Crippen LogP) is 2.41. The lowest BCUT2D eigenvalue weighted by molar-refractivity contribution is -0.586. The Bertz CT molecular complexity index is 1080. The Morgan fingerprint density at radius 2 is 1.32 bits per heavy atom. The Hall–Kier alpha value is -3.84. The fourth-order valence-corrected chi connectivity index (χ4v) is 5.05. The smallest absolute Gasteiger partial charge is 0.303 e. The van der Waals surface area contributed by atoms with Crippen molar-refractivity contribution in [2.75, 3.05) is 6.61 Å². The summed E-state index contributed by atoms with van der Waals surface area (Å²) in [5.74, 6) is -5.91. The van der Waals surface area contributed by atoms with Crippen LogP contribution in [0.25, 0.3) is 0 Å². The van der Waals surface area contributed by atoms with E-state index in [1.165, 1.54) is 6.92 Å². The summed E-state index contributed by atoms with van der Waals surface area (Å²) >= 11 is 0. The molecule has 0 bridgehead atoms. The van der Waals surface area contributed by atoms with Crippen LogP contribution < -0.4 is 0 Å². The van der Waals surface area contributed by atoms with E-state index in [0.29, 0.717) is 5.57 Å². The van der Waals surface area contributed by atoms with Crippen LogP contribution in [0.3, 0.4) is 0 Å². The molecule has 1 aliphatic carbocycles. The van der Waals surface area contributed by atoms with Crippen molar-refractivity contribution in [3.8, 4) is 0 Å². The number of esters is 5. The van der Waals surface area contributed by atoms with Gasteiger partial charge in [-0.2, -0.15) is 0 Å². The molecule has 0 spiro atoms. The largest absolute Gasteiger partial charge is 0.462 e. The molecule has 0 saturated carbocycles. The molecule has 0 radical (unpaired) electrons. The van der Waals surface area contributed by atoms with Gasteiger partial charge in [0.1, 0.15) is 12.4 Å². The minimum atomic E-state index is -1.86. The molecule has 230 valence electrons. The second kappa shape index (κ2) is 15.2. The van der Waals surface area contributed by atoms with E-state index in [-0.39, 0.29) is 31.5 Å². The van der Waals surface area contributed by atoms with Gasteiger partial charge in [-0.3, -0.25) is 34.1 Å². The number of allylic oxidation sites excluding steroid dienone is 1. The second-order valence-corrected chi connectivity index (χ2v) is 10.3. The Labute approximate surface area is 238 Å². The molecule has 0 aromatic carbocycles. The number of ether oxygens (including phenoxy) is 5. The highest BCUT2D eigenvalue weighted by Gasteiger charge is 2.60. The summed E-state index contributed by atoms with van der Waals surface area (Å²) in [6.07, 6.45) is -7.17. The van der Waals surface area contributed by atoms with E-state index in [0.717, 1.165) is 40.2 Å². The van der Waals surface area contributed by atoms with E-state index < -0.39 is 77.2 Å². The summed E-state index contributed by atoms with van der Waals surface area (Å²) in [5, 5.41) is 12.8. The molecule has 0 heterocycles. The number of Topliss-reactive ketones (excluding diaryl/α,β-unsaturated/α-hetero) is 1. The van der Waals surface area contributed by atoms with Gasteiger partial charge in [-0.15, -0.1) is 0 Å². The lowest BCUT2D eigenvalue weighted by atomic mass is 9.65. The van der Waals surface area contributed by atoms with Crippen molar-refractivity contribution in [2.24, 2.45) is 5.92 Å². The number of ketones is 1. The molecule has 41 heavy (non-hydrogen) atoms. The standard InChI is InChI=1S/C27H39NO13/c1-14-11-22(27(28(35)36,12-15(14)2)10-9-16(3)29)24(39-19(6)32)26(41-21(8)34)25(40-20(7)33)23(38-18(5)31)13-37-17(4)30/h22-26H,9-13H2,1-8H3/t22-,23-,24+,25+,26-,27-/m1/s1. The maximum Gasteiger partial charge on any atom is 0.303 e. The zero-order valence-corrected chi connectivity index (χ0v) is 24.7. The molecule has 0 aromatic rings. The first-order chi connectivity index (χ1) is 18.9. The number of carbonyl (C=O) groups excluding carboxylic acids is 6. The summed E-state index contributed by atoms with van der Waals surface area (Å²) in [5.41, 5.74) is -0.410. The van der Waals surface area contributed by atoms with Crippen LogP contribution in [0, 0.1) is 16.0 Å². The van der Waals surface area contributed by atoms with Crippen LogP contribution >= 0.6 is 0 Å². The van der Waals surface area contributed by atoms with Crippen molar-refractivity contribution < 1.29 is 57.4 Å². The van der Waals surface area contributed by atoms with Crippen molar-refractivity contribution in [1.82, 2.24) is 0 Å². The van der Waals surface area contributed by atoms with Crippen LogP contribution in [-0.2, 0) is 52.5 Å². The minimum absolute atomic E-state index is 0.00456. The fraction of sp³-hybridized carbons (Fsp3) is 0.704. The average Bonchev–Trinajstić information content (AvgIpc) is 2.82. The lowest BCUT2D eigenvalue weighted by Crippen LogP contribution is -2.61. The molecular weight excluding hydrogens is 546 g/mol. The Balaban J connectivity index is 3.99. The summed E-state index contributed by atoms with van der Waals surface area (Å²) < 4.78 is 26.8. The molecule has 14 heteroatoms. The van der Waals surface area contributed by atoms with Crippen LogP contribution in [0.5, 0.6) is 0 Å². The normalized spacial score (nSPS) is 21.4. The zero-order chi connectivity index (χ0) is 31.7. The van der Waals surface area contributed by atoms with Gasteiger partial charge in [-0.25, -0.2) is 0 Å². The van der Waals surface area contributed by atoms with Crippen molar-refractivity contribution in [2.45, 2.75) is 111 Å². The van der Waals surface area contributed by atoms with Crippen molar-refractivity contribution >= 4 is 35.6 Å². The maximum atomic E-state index is 12.8. The maximum absolute atomic E-state index is 12.8. The van der Waals surface area contributed by atoms with Gasteiger partial charge < -0.3 is 28.5 Å². The number of rotatable bonds is 14. The fourth-order valence-electron chi connectivity index (χ4n) is 5.05. The molecule has 0 aliphatic heterocycles. The van der Waals surface area contributed by atoms with Crippen LogP contribution in [0.4, 0.5) is 0 Å². The molecule has 14 nitrogen and oxygen atoms in total. The molecule has 0 unspecified atom stereocenters. The van der Waals surface area contributed by atoms with E-state index in [4.69, 9.17) is 23.7 Å². The Kier molecular flexibility index (Phi) is 13.1. The zero-order valence-electron chi connectivity index (χ0n) is 24.7. The van der Waals surface area contributed by atoms with Gasteiger partial charge in [0.15, 0.2) is 24.4 Å². The monoisotopic (exact) mass is 585 g/mol. The first-order valence-corrected chi connectivity index (χ1v) is 13.0. The van der Waals surface area contributed by atoms with Gasteiger partial charge in [0, 0.05) is 58.8 Å². The third kappa shape index (κ3) is 10.3. The number of nitrogens with zero attached hydrogens (tertiary/aromatic N) is 1. The van der Waals surface area contributed by atoms with Crippen LogP contribution in [0.2, 0.25) is 0 Å². The first kappa shape index (κ1) is 35.2. The highest BCUT2D eigenvalue weighted by molar-refractivity contribution is 5.75. The summed E-state index contributed by atoms with van der Waals surface area (Å²) in [6, 6.07) is 0. The number of hydrogen-bond donors (Lipinski definition) is 0. The topological polar surface area (TPSA) is 192 Å². The van der Waals surface area contributed by atoms with E-state index in [2.05, 4.69) is 0 Å². The molecule has 0 N–H and O–H groups in total. The molecule has 0 aromatic heterocycles. The van der Waals surface area contributed by atoms with E-state index in [1.807, 2.05) is 0 Å². The van der Waals surface area contributed by atoms with Gasteiger partial charge >= 0.3 is 29.8 Å². The van der Waals surface area contributed by atoms with Crippen molar-refractivity contribution in [1.29, 1.82) is 0 Å². The first-order valence-electron chi connectivity index (χ1n) is 13.0. The highest BCUT2D eigenvalue weighted by atomic mass is 16.6. The van der Waals surface area contributed by atoms with E-state index in [1.54, 1.807) is 13.8 Å². The number of carbonyl (C=O) groups is 6. The third-order valence-electron chi connectivity index (χ3n) is 6.87. The average molecular weight is 586 g/mol. The van der Waals surface area contributed by atoms with Crippen LogP contribution in [0.15, 0.2) is 11.1 Å². The SMILES string of the molecule is CC(=O)CC[C@@]1([N+](=O)[O-])CC(C)=C(C)C[C@@H]1[C@H](OC(C)=O)[C@@H](OC(C)=O)[C@@H](OC(C)=O)[C@@H](COC(C)=O)OC(C)=O. The molecule has 6 atom stereocenters. The molecule has 1 rings (SSSR count). The highest BCUT2D eigenvalue weighted by Crippen LogP contribution is 2.46. The van der Waals surface area contributed by atoms with E-state index in [9.17, 15) is 38.9 Å². The summed E-state index contributed by atoms with van der Waals surface area (Å²) in [6.45, 7) is 9.30. The van der Waals surface area contributed by atoms with Gasteiger partial charge in [0.25, 0.3) is 0 Å².